The van der Waals surface area contributed by atoms with Gasteiger partial charge >= 0.3 is 0 Å². The molecule has 1 saturated heterocycles. The Hall–Kier alpha value is -1.85. The molecule has 2 atom stereocenters. The number of carbonyl (C=O) groups is 1. The van der Waals surface area contributed by atoms with Crippen LogP contribution in [0.25, 0.3) is 0 Å². The van der Waals surface area contributed by atoms with Gasteiger partial charge in [0, 0.05) is 24.7 Å². The first-order valence-electron chi connectivity index (χ1n) is 8.89. The first-order valence-corrected chi connectivity index (χ1v) is 9.94. The number of pyridine rings is 1. The molecule has 2 N–H and O–H groups in total. The van der Waals surface area contributed by atoms with E-state index in [9.17, 15) is 4.79 Å². The molecule has 1 amide bonds. The van der Waals surface area contributed by atoms with Gasteiger partial charge in [0.25, 0.3) is 0 Å². The zero-order valence-electron chi connectivity index (χ0n) is 14.6. The number of benzene rings is 1. The van der Waals surface area contributed by atoms with E-state index in [4.69, 9.17) is 0 Å². The lowest BCUT2D eigenvalue weighted by atomic mass is 10.1. The first-order chi connectivity index (χ1) is 12.3. The van der Waals surface area contributed by atoms with E-state index in [1.807, 2.05) is 18.3 Å². The summed E-state index contributed by atoms with van der Waals surface area (Å²) in [7, 11) is 0. The molecule has 2 aromatic rings. The van der Waals surface area contributed by atoms with Gasteiger partial charge in [0.05, 0.1) is 11.4 Å². The number of nitrogens with one attached hydrogen (secondary N) is 2. The van der Waals surface area contributed by atoms with Gasteiger partial charge < -0.3 is 5.32 Å². The molecule has 2 unspecified atom stereocenters. The predicted octanol–water partition coefficient (Wildman–Crippen LogP) is 3.44. The van der Waals surface area contributed by atoms with E-state index in [0.717, 1.165) is 23.3 Å². The molecule has 0 spiro atoms. The highest BCUT2D eigenvalue weighted by Gasteiger charge is 2.30. The average molecular weight is 356 g/mol. The molecular weight excluding hydrogens is 330 g/mol. The van der Waals surface area contributed by atoms with E-state index in [2.05, 4.69) is 46.8 Å². The van der Waals surface area contributed by atoms with Crippen LogP contribution in [0.3, 0.4) is 0 Å². The van der Waals surface area contributed by atoms with Gasteiger partial charge in [-0.2, -0.15) is 0 Å². The standard InChI is InChI=1S/C20H25N3OS/c1-2-3-5-15-7-9-16(10-8-15)12-22-19(24)18-14-25-20(23-18)17-6-4-11-21-13-17/h4,6-11,13,18,20,23H,2-3,5,12,14H2,1H3,(H,22,24). The molecule has 4 nitrogen and oxygen atoms in total. The van der Waals surface area contributed by atoms with Crippen molar-refractivity contribution in [2.75, 3.05) is 5.75 Å². The summed E-state index contributed by atoms with van der Waals surface area (Å²) in [4.78, 5) is 16.5. The third kappa shape index (κ3) is 5.06. The van der Waals surface area contributed by atoms with E-state index in [1.165, 1.54) is 18.4 Å². The van der Waals surface area contributed by atoms with E-state index >= 15 is 0 Å². The number of amides is 1. The Bertz CT molecular complexity index is 675. The second-order valence-electron chi connectivity index (χ2n) is 6.36. The smallest absolute Gasteiger partial charge is 0.238 e. The summed E-state index contributed by atoms with van der Waals surface area (Å²) in [5.74, 6) is 0.843. The Morgan fingerprint density at radius 1 is 1.28 bits per heavy atom. The number of unbranched alkanes of at least 4 members (excludes halogenated alkanes) is 1. The number of thioether (sulfide) groups is 1. The lowest BCUT2D eigenvalue weighted by Crippen LogP contribution is -2.42. The van der Waals surface area contributed by atoms with Gasteiger partial charge in [0.15, 0.2) is 0 Å². The van der Waals surface area contributed by atoms with Gasteiger partial charge in [-0.25, -0.2) is 0 Å². The fourth-order valence-electron chi connectivity index (χ4n) is 2.86. The third-order valence-electron chi connectivity index (χ3n) is 4.39. The number of hydrogen-bond acceptors (Lipinski definition) is 4. The first kappa shape index (κ1) is 18.0. The Balaban J connectivity index is 1.46. The largest absolute Gasteiger partial charge is 0.351 e. The summed E-state index contributed by atoms with van der Waals surface area (Å²) in [6.45, 7) is 2.78. The number of rotatable bonds is 7. The Morgan fingerprint density at radius 3 is 2.80 bits per heavy atom. The van der Waals surface area contributed by atoms with Crippen molar-refractivity contribution in [3.8, 4) is 0 Å². The van der Waals surface area contributed by atoms with E-state index in [1.54, 1.807) is 18.0 Å². The van der Waals surface area contributed by atoms with Crippen LogP contribution in [-0.4, -0.2) is 22.7 Å². The molecule has 0 radical (unpaired) electrons. The maximum Gasteiger partial charge on any atom is 0.238 e. The van der Waals surface area contributed by atoms with Gasteiger partial charge in [-0.1, -0.05) is 43.7 Å². The van der Waals surface area contributed by atoms with Crippen LogP contribution < -0.4 is 10.6 Å². The molecule has 0 bridgehead atoms. The van der Waals surface area contributed by atoms with Crippen LogP contribution in [0.4, 0.5) is 0 Å². The molecule has 25 heavy (non-hydrogen) atoms. The number of nitrogens with zero attached hydrogens (tertiary/aromatic N) is 1. The van der Waals surface area contributed by atoms with Gasteiger partial charge in [0.1, 0.15) is 0 Å². The summed E-state index contributed by atoms with van der Waals surface area (Å²) in [5, 5.41) is 6.57. The molecule has 1 aromatic carbocycles. The fourth-order valence-corrected chi connectivity index (χ4v) is 4.09. The van der Waals surface area contributed by atoms with Gasteiger partial charge in [-0.3, -0.25) is 15.1 Å². The summed E-state index contributed by atoms with van der Waals surface area (Å²) >= 11 is 1.75. The maximum atomic E-state index is 12.4. The lowest BCUT2D eigenvalue weighted by Gasteiger charge is -2.13. The zero-order chi connectivity index (χ0) is 17.5. The van der Waals surface area contributed by atoms with Crippen LogP contribution >= 0.6 is 11.8 Å². The molecule has 132 valence electrons. The highest BCUT2D eigenvalue weighted by molar-refractivity contribution is 7.99. The van der Waals surface area contributed by atoms with Crippen molar-refractivity contribution < 1.29 is 4.79 Å². The summed E-state index contributed by atoms with van der Waals surface area (Å²) < 4.78 is 0. The molecule has 0 saturated carbocycles. The molecule has 1 fully saturated rings. The van der Waals surface area contributed by atoms with Crippen molar-refractivity contribution in [3.63, 3.8) is 0 Å². The molecule has 3 rings (SSSR count). The van der Waals surface area contributed by atoms with Gasteiger partial charge in [0.2, 0.25) is 5.91 Å². The van der Waals surface area contributed by atoms with Crippen molar-refractivity contribution in [3.05, 3.63) is 65.5 Å². The third-order valence-corrected chi connectivity index (χ3v) is 5.66. The summed E-state index contributed by atoms with van der Waals surface area (Å²) in [5.41, 5.74) is 3.62. The minimum Gasteiger partial charge on any atom is -0.351 e. The SMILES string of the molecule is CCCCc1ccc(CNC(=O)C2CSC(c3cccnc3)N2)cc1. The average Bonchev–Trinajstić information content (AvgIpc) is 3.16. The molecule has 2 heterocycles. The molecule has 1 aliphatic heterocycles. The van der Waals surface area contributed by atoms with Crippen LogP contribution in [0.1, 0.15) is 41.8 Å². The van der Waals surface area contributed by atoms with Crippen molar-refractivity contribution in [1.29, 1.82) is 0 Å². The highest BCUT2D eigenvalue weighted by Crippen LogP contribution is 2.32. The van der Waals surface area contributed by atoms with Gasteiger partial charge in [-0.15, -0.1) is 11.8 Å². The van der Waals surface area contributed by atoms with E-state index < -0.39 is 0 Å². The van der Waals surface area contributed by atoms with Crippen LogP contribution in [0.15, 0.2) is 48.8 Å². The summed E-state index contributed by atoms with van der Waals surface area (Å²) in [6.07, 6.45) is 7.18. The molecule has 5 heteroatoms. The normalized spacial score (nSPS) is 19.7. The highest BCUT2D eigenvalue weighted by atomic mass is 32.2. The van der Waals surface area contributed by atoms with Gasteiger partial charge in [-0.05, 0) is 35.6 Å². The van der Waals surface area contributed by atoms with Crippen LogP contribution in [0.5, 0.6) is 0 Å². The summed E-state index contributed by atoms with van der Waals surface area (Å²) in [6, 6.07) is 12.4. The number of carbonyl (C=O) groups excluding carboxylic acids is 1. The van der Waals surface area contributed by atoms with Crippen LogP contribution in [0.2, 0.25) is 0 Å². The minimum atomic E-state index is -0.154. The number of hydrogen-bond donors (Lipinski definition) is 2. The fraction of sp³-hybridized carbons (Fsp3) is 0.400. The van der Waals surface area contributed by atoms with Crippen molar-refractivity contribution in [2.24, 2.45) is 0 Å². The topological polar surface area (TPSA) is 54.0 Å². The maximum absolute atomic E-state index is 12.4. The lowest BCUT2D eigenvalue weighted by molar-refractivity contribution is -0.122. The zero-order valence-corrected chi connectivity index (χ0v) is 15.4. The monoisotopic (exact) mass is 355 g/mol. The second-order valence-corrected chi connectivity index (χ2v) is 7.49. The quantitative estimate of drug-likeness (QED) is 0.799. The number of aromatic nitrogens is 1. The van der Waals surface area contributed by atoms with Crippen molar-refractivity contribution in [2.45, 2.75) is 44.1 Å². The second kappa shape index (κ2) is 9.02. The minimum absolute atomic E-state index is 0.0638. The van der Waals surface area contributed by atoms with E-state index in [-0.39, 0.29) is 17.3 Å². The molecule has 0 aliphatic carbocycles. The Labute approximate surface area is 153 Å². The Kier molecular flexibility index (Phi) is 6.48. The Morgan fingerprint density at radius 2 is 2.08 bits per heavy atom. The molecule has 1 aromatic heterocycles. The van der Waals surface area contributed by atoms with Crippen LogP contribution in [0, 0.1) is 0 Å². The van der Waals surface area contributed by atoms with Crippen LogP contribution in [-0.2, 0) is 17.8 Å². The van der Waals surface area contributed by atoms with E-state index in [0.29, 0.717) is 6.54 Å². The molecular formula is C20H25N3OS. The molecule has 1 aliphatic rings. The number of aryl methyl sites for hydroxylation is 1. The van der Waals surface area contributed by atoms with Crippen molar-refractivity contribution in [1.82, 2.24) is 15.6 Å². The predicted molar refractivity (Wildman–Crippen MR) is 103 cm³/mol. The van der Waals surface area contributed by atoms with Crippen molar-refractivity contribution >= 4 is 17.7 Å².